The standard InChI is InChI=1S/C12H11ClFN3/c1-8-3-2-4-9(5-8)6-15-11-10(14)7-16-12(13)17-11/h2-5,7H,6H2,1H3,(H,15,16,17). The Kier molecular flexibility index (Phi) is 3.54. The molecule has 0 saturated carbocycles. The number of benzene rings is 1. The summed E-state index contributed by atoms with van der Waals surface area (Å²) in [6.45, 7) is 2.50. The molecule has 0 aliphatic rings. The molecule has 1 aromatic heterocycles. The molecule has 1 aromatic carbocycles. The van der Waals surface area contributed by atoms with E-state index in [1.165, 1.54) is 0 Å². The molecule has 5 heteroatoms. The summed E-state index contributed by atoms with van der Waals surface area (Å²) in [6, 6.07) is 7.94. The van der Waals surface area contributed by atoms with Gasteiger partial charge >= 0.3 is 0 Å². The van der Waals surface area contributed by atoms with Crippen molar-refractivity contribution in [1.82, 2.24) is 9.97 Å². The quantitative estimate of drug-likeness (QED) is 0.852. The second kappa shape index (κ2) is 5.10. The van der Waals surface area contributed by atoms with E-state index >= 15 is 0 Å². The van der Waals surface area contributed by atoms with Crippen LogP contribution < -0.4 is 5.32 Å². The summed E-state index contributed by atoms with van der Waals surface area (Å²) in [7, 11) is 0. The largest absolute Gasteiger partial charge is 0.363 e. The van der Waals surface area contributed by atoms with Gasteiger partial charge in [-0.1, -0.05) is 29.8 Å². The first-order valence-corrected chi connectivity index (χ1v) is 5.50. The van der Waals surface area contributed by atoms with Crippen LogP contribution in [-0.4, -0.2) is 9.97 Å². The molecule has 0 aliphatic heterocycles. The van der Waals surface area contributed by atoms with Crippen molar-refractivity contribution in [2.45, 2.75) is 13.5 Å². The Balaban J connectivity index is 2.09. The van der Waals surface area contributed by atoms with Gasteiger partial charge in [-0.3, -0.25) is 0 Å². The molecule has 88 valence electrons. The number of anilines is 1. The summed E-state index contributed by atoms with van der Waals surface area (Å²) in [4.78, 5) is 7.33. The van der Waals surface area contributed by atoms with E-state index in [-0.39, 0.29) is 11.1 Å². The lowest BCUT2D eigenvalue weighted by atomic mass is 10.1. The predicted octanol–water partition coefficient (Wildman–Crippen LogP) is 3.19. The van der Waals surface area contributed by atoms with Gasteiger partial charge in [0.15, 0.2) is 11.6 Å². The smallest absolute Gasteiger partial charge is 0.224 e. The first-order chi connectivity index (χ1) is 8.15. The van der Waals surface area contributed by atoms with Crippen LogP contribution in [0.25, 0.3) is 0 Å². The van der Waals surface area contributed by atoms with Crippen LogP contribution in [0.5, 0.6) is 0 Å². The number of hydrogen-bond donors (Lipinski definition) is 1. The van der Waals surface area contributed by atoms with Crippen molar-refractivity contribution in [1.29, 1.82) is 0 Å². The van der Waals surface area contributed by atoms with Crippen molar-refractivity contribution >= 4 is 17.4 Å². The fourth-order valence-corrected chi connectivity index (χ4v) is 1.61. The Morgan fingerprint density at radius 2 is 2.24 bits per heavy atom. The summed E-state index contributed by atoms with van der Waals surface area (Å²) >= 11 is 5.59. The molecule has 1 N–H and O–H groups in total. The third-order valence-electron chi connectivity index (χ3n) is 2.26. The second-order valence-corrected chi connectivity index (χ2v) is 4.02. The van der Waals surface area contributed by atoms with Crippen molar-refractivity contribution in [2.75, 3.05) is 5.32 Å². The average Bonchev–Trinajstić information content (AvgIpc) is 2.30. The van der Waals surface area contributed by atoms with E-state index in [9.17, 15) is 4.39 Å². The van der Waals surface area contributed by atoms with Crippen LogP contribution in [0.3, 0.4) is 0 Å². The normalized spacial score (nSPS) is 10.3. The molecule has 0 fully saturated rings. The van der Waals surface area contributed by atoms with E-state index in [1.807, 2.05) is 31.2 Å². The van der Waals surface area contributed by atoms with E-state index in [0.29, 0.717) is 6.54 Å². The van der Waals surface area contributed by atoms with Crippen LogP contribution in [-0.2, 0) is 6.54 Å². The van der Waals surface area contributed by atoms with Crippen molar-refractivity contribution in [3.05, 3.63) is 52.7 Å². The van der Waals surface area contributed by atoms with Crippen LogP contribution in [0.2, 0.25) is 5.28 Å². The van der Waals surface area contributed by atoms with Crippen LogP contribution in [0.1, 0.15) is 11.1 Å². The van der Waals surface area contributed by atoms with Crippen molar-refractivity contribution < 1.29 is 4.39 Å². The molecule has 0 unspecified atom stereocenters. The fraction of sp³-hybridized carbons (Fsp3) is 0.167. The van der Waals surface area contributed by atoms with Crippen molar-refractivity contribution in [2.24, 2.45) is 0 Å². The number of aryl methyl sites for hydroxylation is 1. The highest BCUT2D eigenvalue weighted by atomic mass is 35.5. The lowest BCUT2D eigenvalue weighted by Crippen LogP contribution is -2.04. The predicted molar refractivity (Wildman–Crippen MR) is 65.5 cm³/mol. The van der Waals surface area contributed by atoms with Crippen LogP contribution >= 0.6 is 11.6 Å². The average molecular weight is 252 g/mol. The number of nitrogens with zero attached hydrogens (tertiary/aromatic N) is 2. The molecule has 0 bridgehead atoms. The minimum absolute atomic E-state index is 0.0261. The van der Waals surface area contributed by atoms with Gasteiger partial charge in [-0.15, -0.1) is 0 Å². The van der Waals surface area contributed by atoms with E-state index < -0.39 is 5.82 Å². The van der Waals surface area contributed by atoms with Gasteiger partial charge in [0.1, 0.15) is 0 Å². The summed E-state index contributed by atoms with van der Waals surface area (Å²) in [5.41, 5.74) is 2.21. The first-order valence-electron chi connectivity index (χ1n) is 5.12. The topological polar surface area (TPSA) is 37.8 Å². The highest BCUT2D eigenvalue weighted by molar-refractivity contribution is 6.28. The van der Waals surface area contributed by atoms with E-state index in [1.54, 1.807) is 0 Å². The molecular formula is C12H11ClFN3. The molecule has 3 nitrogen and oxygen atoms in total. The highest BCUT2D eigenvalue weighted by Gasteiger charge is 2.05. The van der Waals surface area contributed by atoms with Gasteiger partial charge in [0.05, 0.1) is 6.20 Å². The van der Waals surface area contributed by atoms with E-state index in [2.05, 4.69) is 15.3 Å². The Bertz CT molecular complexity index is 531. The van der Waals surface area contributed by atoms with E-state index in [4.69, 9.17) is 11.6 Å². The van der Waals surface area contributed by atoms with Crippen molar-refractivity contribution in [3.63, 3.8) is 0 Å². The molecule has 2 aromatic rings. The number of hydrogen-bond acceptors (Lipinski definition) is 3. The zero-order chi connectivity index (χ0) is 12.3. The molecule has 2 rings (SSSR count). The number of rotatable bonds is 3. The van der Waals surface area contributed by atoms with Gasteiger partial charge in [-0.25, -0.2) is 9.37 Å². The second-order valence-electron chi connectivity index (χ2n) is 3.68. The first kappa shape index (κ1) is 11.8. The molecular weight excluding hydrogens is 241 g/mol. The Labute approximate surface area is 104 Å². The molecule has 0 atom stereocenters. The van der Waals surface area contributed by atoms with Crippen LogP contribution in [0.15, 0.2) is 30.5 Å². The lowest BCUT2D eigenvalue weighted by molar-refractivity contribution is 0.616. The molecule has 0 spiro atoms. The van der Waals surface area contributed by atoms with Gasteiger partial charge in [-0.05, 0) is 24.1 Å². The number of aromatic nitrogens is 2. The molecule has 17 heavy (non-hydrogen) atoms. The maximum Gasteiger partial charge on any atom is 0.224 e. The lowest BCUT2D eigenvalue weighted by Gasteiger charge is -2.07. The monoisotopic (exact) mass is 251 g/mol. The summed E-state index contributed by atoms with van der Waals surface area (Å²) < 4.78 is 13.3. The van der Waals surface area contributed by atoms with Crippen molar-refractivity contribution in [3.8, 4) is 0 Å². The minimum Gasteiger partial charge on any atom is -0.363 e. The van der Waals surface area contributed by atoms with Crippen LogP contribution in [0.4, 0.5) is 10.2 Å². The SMILES string of the molecule is Cc1cccc(CNc2nc(Cl)ncc2F)c1. The van der Waals surface area contributed by atoms with Gasteiger partial charge in [0.25, 0.3) is 0 Å². The minimum atomic E-state index is -0.512. The zero-order valence-electron chi connectivity index (χ0n) is 9.24. The Morgan fingerprint density at radius 1 is 1.41 bits per heavy atom. The zero-order valence-corrected chi connectivity index (χ0v) is 10.0. The molecule has 0 saturated heterocycles. The summed E-state index contributed by atoms with van der Waals surface area (Å²) in [5, 5.41) is 2.91. The molecule has 0 radical (unpaired) electrons. The van der Waals surface area contributed by atoms with Crippen LogP contribution in [0, 0.1) is 12.7 Å². The maximum absolute atomic E-state index is 13.3. The fourth-order valence-electron chi connectivity index (χ4n) is 1.48. The molecule has 1 heterocycles. The Hall–Kier alpha value is -1.68. The van der Waals surface area contributed by atoms with Gasteiger partial charge < -0.3 is 5.32 Å². The van der Waals surface area contributed by atoms with Gasteiger partial charge in [-0.2, -0.15) is 4.98 Å². The van der Waals surface area contributed by atoms with Gasteiger partial charge in [0.2, 0.25) is 5.28 Å². The molecule has 0 aliphatic carbocycles. The summed E-state index contributed by atoms with van der Waals surface area (Å²) in [6.07, 6.45) is 1.05. The Morgan fingerprint density at radius 3 is 3.00 bits per heavy atom. The third-order valence-corrected chi connectivity index (χ3v) is 2.44. The maximum atomic E-state index is 13.3. The van der Waals surface area contributed by atoms with Gasteiger partial charge in [0, 0.05) is 6.54 Å². The molecule has 0 amide bonds. The highest BCUT2D eigenvalue weighted by Crippen LogP contribution is 2.13. The van der Waals surface area contributed by atoms with E-state index in [0.717, 1.165) is 17.3 Å². The summed E-state index contributed by atoms with van der Waals surface area (Å²) in [5.74, 6) is -0.395. The third kappa shape index (κ3) is 3.14. The number of nitrogens with one attached hydrogen (secondary N) is 1. The number of halogens is 2.